The third-order valence-corrected chi connectivity index (χ3v) is 8.19. The molecule has 5 rings (SSSR count). The van der Waals surface area contributed by atoms with Crippen LogP contribution in [-0.2, 0) is 6.18 Å². The zero-order chi connectivity index (χ0) is 24.3. The lowest BCUT2D eigenvalue weighted by Crippen LogP contribution is -2.57. The Balaban J connectivity index is 1.92. The number of alkyl halides is 3. The zero-order valence-corrected chi connectivity index (χ0v) is 20.2. The smallest absolute Gasteiger partial charge is 0.317 e. The van der Waals surface area contributed by atoms with Crippen molar-refractivity contribution in [3.05, 3.63) is 83.4 Å². The van der Waals surface area contributed by atoms with Crippen LogP contribution in [0.1, 0.15) is 62.6 Å². The lowest BCUT2D eigenvalue weighted by Gasteiger charge is -2.55. The summed E-state index contributed by atoms with van der Waals surface area (Å²) < 4.78 is 43.4. The molecule has 3 aromatic rings. The van der Waals surface area contributed by atoms with Gasteiger partial charge in [-0.1, -0.05) is 63.2 Å². The number of aryl methyl sites for hydroxylation is 1. The van der Waals surface area contributed by atoms with Crippen molar-refractivity contribution in [2.24, 2.45) is 5.41 Å². The standard InChI is InChI=1S/C29H31F3N2/c1-5-21-20-14-9-11-17-24(20)33-25-18-12-15-22(29(30,31)32)26(25)34(23-16-10-8-13-19(23)4)27(33)28(21,6-2)7-3/h8-18,21,27H,5-7H2,1-4H3. The van der Waals surface area contributed by atoms with E-state index in [1.54, 1.807) is 6.07 Å². The first-order valence-electron chi connectivity index (χ1n) is 12.2. The van der Waals surface area contributed by atoms with Gasteiger partial charge in [-0.2, -0.15) is 13.2 Å². The molecule has 0 amide bonds. The van der Waals surface area contributed by atoms with Gasteiger partial charge in [0, 0.05) is 16.8 Å². The molecular formula is C29H31F3N2. The van der Waals surface area contributed by atoms with Gasteiger partial charge in [-0.15, -0.1) is 0 Å². The van der Waals surface area contributed by atoms with E-state index in [4.69, 9.17) is 0 Å². The maximum absolute atomic E-state index is 14.5. The normalized spacial score (nSPS) is 20.7. The Morgan fingerprint density at radius 3 is 2.00 bits per heavy atom. The molecule has 0 saturated carbocycles. The lowest BCUT2D eigenvalue weighted by molar-refractivity contribution is -0.137. The summed E-state index contributed by atoms with van der Waals surface area (Å²) in [4.78, 5) is 4.21. The topological polar surface area (TPSA) is 6.48 Å². The average molecular weight is 465 g/mol. The third kappa shape index (κ3) is 3.02. The molecule has 0 aliphatic carbocycles. The van der Waals surface area contributed by atoms with Crippen molar-refractivity contribution >= 4 is 22.7 Å². The van der Waals surface area contributed by atoms with Crippen LogP contribution in [0.25, 0.3) is 0 Å². The zero-order valence-electron chi connectivity index (χ0n) is 20.2. The third-order valence-electron chi connectivity index (χ3n) is 8.19. The second-order valence-electron chi connectivity index (χ2n) is 9.53. The van der Waals surface area contributed by atoms with Crippen LogP contribution in [0.5, 0.6) is 0 Å². The summed E-state index contributed by atoms with van der Waals surface area (Å²) in [6.45, 7) is 8.59. The van der Waals surface area contributed by atoms with Crippen LogP contribution in [-0.4, -0.2) is 6.17 Å². The number of benzene rings is 3. The highest BCUT2D eigenvalue weighted by Gasteiger charge is 2.58. The van der Waals surface area contributed by atoms with Crippen LogP contribution in [0.3, 0.4) is 0 Å². The highest BCUT2D eigenvalue weighted by Crippen LogP contribution is 2.64. The summed E-state index contributed by atoms with van der Waals surface area (Å²) in [5.41, 5.74) is 4.17. The Morgan fingerprint density at radius 1 is 0.765 bits per heavy atom. The van der Waals surface area contributed by atoms with Gasteiger partial charge in [0.05, 0.1) is 16.9 Å². The van der Waals surface area contributed by atoms with Gasteiger partial charge in [0.15, 0.2) is 0 Å². The maximum Gasteiger partial charge on any atom is 0.418 e. The van der Waals surface area contributed by atoms with Gasteiger partial charge >= 0.3 is 6.18 Å². The SMILES string of the molecule is CCC1c2ccccc2N2c3cccc(C(F)(F)F)c3N(c3ccccc3C)C2C1(CC)CC. The van der Waals surface area contributed by atoms with Crippen LogP contribution < -0.4 is 9.80 Å². The minimum Gasteiger partial charge on any atom is -0.317 e. The minimum absolute atomic E-state index is 0.229. The van der Waals surface area contributed by atoms with Crippen LogP contribution in [0.15, 0.2) is 66.7 Å². The van der Waals surface area contributed by atoms with Crippen LogP contribution in [0.4, 0.5) is 35.9 Å². The molecule has 2 heterocycles. The highest BCUT2D eigenvalue weighted by atomic mass is 19.4. The van der Waals surface area contributed by atoms with Gasteiger partial charge < -0.3 is 9.80 Å². The van der Waals surface area contributed by atoms with E-state index in [0.717, 1.165) is 36.2 Å². The molecule has 0 radical (unpaired) electrons. The van der Waals surface area contributed by atoms with Gasteiger partial charge in [0.1, 0.15) is 6.17 Å². The Morgan fingerprint density at radius 2 is 1.38 bits per heavy atom. The molecular weight excluding hydrogens is 433 g/mol. The van der Waals surface area contributed by atoms with Crippen molar-refractivity contribution in [1.29, 1.82) is 0 Å². The summed E-state index contributed by atoms with van der Waals surface area (Å²) in [6, 6.07) is 20.8. The van der Waals surface area contributed by atoms with Gasteiger partial charge in [-0.05, 0) is 67.5 Å². The van der Waals surface area contributed by atoms with Crippen LogP contribution in [0.2, 0.25) is 0 Å². The van der Waals surface area contributed by atoms with Gasteiger partial charge in [-0.3, -0.25) is 0 Å². The number of nitrogens with zero attached hydrogens (tertiary/aromatic N) is 2. The average Bonchev–Trinajstić information content (AvgIpc) is 3.18. The van der Waals surface area contributed by atoms with Crippen molar-refractivity contribution in [2.45, 2.75) is 65.2 Å². The Hall–Kier alpha value is -2.95. The Kier molecular flexibility index (Phi) is 5.42. The number of hydrogen-bond donors (Lipinski definition) is 0. The van der Waals surface area contributed by atoms with Crippen molar-refractivity contribution in [3.8, 4) is 0 Å². The summed E-state index contributed by atoms with van der Waals surface area (Å²) in [7, 11) is 0. The minimum atomic E-state index is -4.45. The molecule has 178 valence electrons. The van der Waals surface area contributed by atoms with Gasteiger partial charge in [0.25, 0.3) is 0 Å². The highest BCUT2D eigenvalue weighted by molar-refractivity contribution is 5.93. The quantitative estimate of drug-likeness (QED) is 0.380. The van der Waals surface area contributed by atoms with E-state index in [2.05, 4.69) is 43.9 Å². The second-order valence-corrected chi connectivity index (χ2v) is 9.53. The largest absolute Gasteiger partial charge is 0.418 e. The van der Waals surface area contributed by atoms with Gasteiger partial charge in [-0.25, -0.2) is 0 Å². The van der Waals surface area contributed by atoms with E-state index < -0.39 is 11.7 Å². The molecule has 2 aliphatic rings. The molecule has 0 bridgehead atoms. The van der Waals surface area contributed by atoms with E-state index >= 15 is 0 Å². The molecule has 0 fully saturated rings. The number of fused-ring (bicyclic) bond motifs is 5. The predicted octanol–water partition coefficient (Wildman–Crippen LogP) is 8.94. The molecule has 2 nitrogen and oxygen atoms in total. The number of hydrogen-bond acceptors (Lipinski definition) is 2. The molecule has 2 unspecified atom stereocenters. The Labute approximate surface area is 200 Å². The fourth-order valence-electron chi connectivity index (χ4n) is 6.66. The second kappa shape index (κ2) is 8.07. The molecule has 0 saturated heterocycles. The number of para-hydroxylation sites is 3. The predicted molar refractivity (Wildman–Crippen MR) is 133 cm³/mol. The lowest BCUT2D eigenvalue weighted by atomic mass is 9.62. The molecule has 0 aromatic heterocycles. The molecule has 2 atom stereocenters. The molecule has 0 spiro atoms. The Bertz CT molecular complexity index is 1210. The summed E-state index contributed by atoms with van der Waals surface area (Å²) in [5.74, 6) is 0.245. The van der Waals surface area contributed by atoms with Gasteiger partial charge in [0.2, 0.25) is 0 Å². The number of anilines is 4. The molecule has 5 heteroatoms. The summed E-state index contributed by atoms with van der Waals surface area (Å²) in [5, 5.41) is 0. The molecule has 3 aromatic carbocycles. The molecule has 2 aliphatic heterocycles. The van der Waals surface area contributed by atoms with Crippen molar-refractivity contribution < 1.29 is 13.2 Å². The maximum atomic E-state index is 14.5. The fraction of sp³-hybridized carbons (Fsp3) is 0.379. The first-order valence-corrected chi connectivity index (χ1v) is 12.2. The summed E-state index contributed by atoms with van der Waals surface area (Å²) >= 11 is 0. The fourth-order valence-corrected chi connectivity index (χ4v) is 6.66. The van der Waals surface area contributed by atoms with Crippen LogP contribution >= 0.6 is 0 Å². The molecule has 34 heavy (non-hydrogen) atoms. The molecule has 0 N–H and O–H groups in total. The van der Waals surface area contributed by atoms with E-state index in [1.165, 1.54) is 11.6 Å². The summed E-state index contributed by atoms with van der Waals surface area (Å²) in [6.07, 6.45) is -2.02. The number of halogens is 3. The van der Waals surface area contributed by atoms with Crippen molar-refractivity contribution in [3.63, 3.8) is 0 Å². The van der Waals surface area contributed by atoms with E-state index in [0.29, 0.717) is 5.69 Å². The van der Waals surface area contributed by atoms with E-state index in [-0.39, 0.29) is 23.2 Å². The monoisotopic (exact) mass is 464 g/mol. The van der Waals surface area contributed by atoms with E-state index in [9.17, 15) is 13.2 Å². The number of rotatable bonds is 4. The van der Waals surface area contributed by atoms with Crippen molar-refractivity contribution in [2.75, 3.05) is 9.80 Å². The van der Waals surface area contributed by atoms with E-state index in [1.807, 2.05) is 48.2 Å². The first kappa shape index (κ1) is 22.8. The van der Waals surface area contributed by atoms with Crippen molar-refractivity contribution in [1.82, 2.24) is 0 Å². The van der Waals surface area contributed by atoms with Crippen LogP contribution in [0, 0.1) is 12.3 Å². The first-order chi connectivity index (χ1) is 16.3.